The first kappa shape index (κ1) is 13.7. The van der Waals surface area contributed by atoms with Crippen LogP contribution in [0.15, 0.2) is 41.9 Å². The number of aromatic nitrogens is 2. The minimum atomic E-state index is -0.189. The molecule has 6 heteroatoms. The van der Waals surface area contributed by atoms with Gasteiger partial charge < -0.3 is 5.73 Å². The molecular weight excluding hydrogens is 284 g/mol. The van der Waals surface area contributed by atoms with Gasteiger partial charge in [0.05, 0.1) is 11.2 Å². The Balaban J connectivity index is 1.82. The molecule has 0 spiro atoms. The molecule has 0 fully saturated rings. The van der Waals surface area contributed by atoms with Crippen LogP contribution in [0, 0.1) is 0 Å². The zero-order chi connectivity index (χ0) is 14.8. The third-order valence-electron chi connectivity index (χ3n) is 3.07. The normalized spacial score (nSPS) is 12.3. The van der Waals surface area contributed by atoms with Crippen LogP contribution in [-0.2, 0) is 0 Å². The van der Waals surface area contributed by atoms with Crippen LogP contribution in [-0.4, -0.2) is 15.9 Å². The van der Waals surface area contributed by atoms with E-state index in [1.165, 1.54) is 11.3 Å². The highest BCUT2D eigenvalue weighted by molar-refractivity contribution is 7.14. The molecule has 1 aromatic carbocycles. The van der Waals surface area contributed by atoms with E-state index in [4.69, 9.17) is 5.73 Å². The Morgan fingerprint density at radius 1 is 1.38 bits per heavy atom. The average molecular weight is 298 g/mol. The lowest BCUT2D eigenvalue weighted by Crippen LogP contribution is -2.12. The Labute approximate surface area is 125 Å². The highest BCUT2D eigenvalue weighted by Crippen LogP contribution is 2.20. The van der Waals surface area contributed by atoms with E-state index < -0.39 is 0 Å². The number of rotatable bonds is 3. The number of hydrogen-bond acceptors (Lipinski definition) is 5. The quantitative estimate of drug-likeness (QED) is 0.779. The SMILES string of the molecule is CC(N)c1csc(NC(=O)c2ccc3ncccc3c2)n1. The molecule has 106 valence electrons. The molecular formula is C15H14N4OS. The molecule has 21 heavy (non-hydrogen) atoms. The predicted molar refractivity (Wildman–Crippen MR) is 84.4 cm³/mol. The number of amides is 1. The zero-order valence-corrected chi connectivity index (χ0v) is 12.2. The van der Waals surface area contributed by atoms with Gasteiger partial charge in [0.15, 0.2) is 5.13 Å². The molecule has 3 rings (SSSR count). The largest absolute Gasteiger partial charge is 0.323 e. The number of nitrogens with zero attached hydrogens (tertiary/aromatic N) is 2. The summed E-state index contributed by atoms with van der Waals surface area (Å²) in [5.41, 5.74) is 7.97. The van der Waals surface area contributed by atoms with Crippen molar-refractivity contribution in [2.45, 2.75) is 13.0 Å². The summed E-state index contributed by atoms with van der Waals surface area (Å²) in [6.07, 6.45) is 1.73. The van der Waals surface area contributed by atoms with Gasteiger partial charge in [-0.15, -0.1) is 11.3 Å². The third-order valence-corrected chi connectivity index (χ3v) is 3.85. The second kappa shape index (κ2) is 5.59. The maximum atomic E-state index is 12.2. The van der Waals surface area contributed by atoms with Gasteiger partial charge >= 0.3 is 0 Å². The molecule has 1 amide bonds. The van der Waals surface area contributed by atoms with Crippen LogP contribution in [0.25, 0.3) is 10.9 Å². The van der Waals surface area contributed by atoms with Gasteiger partial charge in [-0.05, 0) is 31.2 Å². The first-order chi connectivity index (χ1) is 10.1. The summed E-state index contributed by atoms with van der Waals surface area (Å²) >= 11 is 1.37. The second-order valence-corrected chi connectivity index (χ2v) is 5.59. The fourth-order valence-corrected chi connectivity index (χ4v) is 2.75. The molecule has 0 aliphatic rings. The monoisotopic (exact) mass is 298 g/mol. The van der Waals surface area contributed by atoms with Gasteiger partial charge in [0.25, 0.3) is 5.91 Å². The third kappa shape index (κ3) is 2.91. The van der Waals surface area contributed by atoms with Crippen molar-refractivity contribution < 1.29 is 4.79 Å². The first-order valence-corrected chi connectivity index (χ1v) is 7.38. The summed E-state index contributed by atoms with van der Waals surface area (Å²) in [5.74, 6) is -0.189. The topological polar surface area (TPSA) is 80.9 Å². The predicted octanol–water partition coefficient (Wildman–Crippen LogP) is 2.96. The molecule has 0 saturated heterocycles. The van der Waals surface area contributed by atoms with Gasteiger partial charge in [-0.25, -0.2) is 4.98 Å². The number of carbonyl (C=O) groups excluding carboxylic acids is 1. The molecule has 1 atom stereocenters. The Hall–Kier alpha value is -2.31. The first-order valence-electron chi connectivity index (χ1n) is 6.50. The number of anilines is 1. The fourth-order valence-electron chi connectivity index (χ4n) is 1.94. The minimum absolute atomic E-state index is 0.140. The molecule has 2 aromatic heterocycles. The van der Waals surface area contributed by atoms with Crippen LogP contribution in [0.2, 0.25) is 0 Å². The van der Waals surface area contributed by atoms with Crippen molar-refractivity contribution in [1.29, 1.82) is 0 Å². The molecule has 0 bridgehead atoms. The summed E-state index contributed by atoms with van der Waals surface area (Å²) in [6, 6.07) is 9.04. The molecule has 3 aromatic rings. The van der Waals surface area contributed by atoms with E-state index in [1.807, 2.05) is 36.6 Å². The van der Waals surface area contributed by atoms with E-state index in [9.17, 15) is 4.79 Å². The number of thiazole rings is 1. The highest BCUT2D eigenvalue weighted by atomic mass is 32.1. The molecule has 2 heterocycles. The van der Waals surface area contributed by atoms with Gasteiger partial charge in [0.1, 0.15) is 0 Å². The number of nitrogens with two attached hydrogens (primary N) is 1. The summed E-state index contributed by atoms with van der Waals surface area (Å²) in [4.78, 5) is 20.8. The molecule has 0 radical (unpaired) electrons. The van der Waals surface area contributed by atoms with E-state index in [0.29, 0.717) is 10.7 Å². The van der Waals surface area contributed by atoms with Crippen LogP contribution in [0.5, 0.6) is 0 Å². The fraction of sp³-hybridized carbons (Fsp3) is 0.133. The average Bonchev–Trinajstić information content (AvgIpc) is 2.95. The summed E-state index contributed by atoms with van der Waals surface area (Å²) < 4.78 is 0. The maximum absolute atomic E-state index is 12.2. The number of hydrogen-bond donors (Lipinski definition) is 2. The number of nitrogens with one attached hydrogen (secondary N) is 1. The van der Waals surface area contributed by atoms with Gasteiger partial charge in [-0.1, -0.05) is 6.07 Å². The van der Waals surface area contributed by atoms with Gasteiger partial charge in [0, 0.05) is 28.6 Å². The second-order valence-electron chi connectivity index (χ2n) is 4.73. The highest BCUT2D eigenvalue weighted by Gasteiger charge is 2.11. The molecule has 0 saturated carbocycles. The summed E-state index contributed by atoms with van der Waals surface area (Å²) in [6.45, 7) is 1.86. The van der Waals surface area contributed by atoms with Crippen molar-refractivity contribution >= 4 is 33.3 Å². The molecule has 0 aliphatic carbocycles. The van der Waals surface area contributed by atoms with E-state index >= 15 is 0 Å². The Bertz CT molecular complexity index is 797. The lowest BCUT2D eigenvalue weighted by Gasteiger charge is -2.03. The van der Waals surface area contributed by atoms with Crippen LogP contribution in [0.4, 0.5) is 5.13 Å². The van der Waals surface area contributed by atoms with E-state index in [1.54, 1.807) is 12.3 Å². The van der Waals surface area contributed by atoms with Gasteiger partial charge in [-0.3, -0.25) is 15.1 Å². The number of fused-ring (bicyclic) bond motifs is 1. The van der Waals surface area contributed by atoms with Gasteiger partial charge in [-0.2, -0.15) is 0 Å². The lowest BCUT2D eigenvalue weighted by molar-refractivity contribution is 0.102. The Morgan fingerprint density at radius 3 is 3.00 bits per heavy atom. The van der Waals surface area contributed by atoms with Crippen molar-refractivity contribution in [2.24, 2.45) is 5.73 Å². The number of benzene rings is 1. The minimum Gasteiger partial charge on any atom is -0.323 e. The number of pyridine rings is 1. The van der Waals surface area contributed by atoms with Crippen molar-refractivity contribution in [3.05, 3.63) is 53.2 Å². The summed E-state index contributed by atoms with van der Waals surface area (Å²) in [5, 5.41) is 6.13. The molecule has 3 N–H and O–H groups in total. The van der Waals surface area contributed by atoms with Crippen molar-refractivity contribution in [2.75, 3.05) is 5.32 Å². The molecule has 1 unspecified atom stereocenters. The van der Waals surface area contributed by atoms with E-state index in [-0.39, 0.29) is 11.9 Å². The van der Waals surface area contributed by atoms with Crippen LogP contribution in [0.3, 0.4) is 0 Å². The standard InChI is InChI=1S/C15H14N4OS/c1-9(16)13-8-21-15(18-13)19-14(20)11-4-5-12-10(7-11)3-2-6-17-12/h2-9H,16H2,1H3,(H,18,19,20). The van der Waals surface area contributed by atoms with Crippen molar-refractivity contribution in [3.63, 3.8) is 0 Å². The molecule has 0 aliphatic heterocycles. The van der Waals surface area contributed by atoms with Crippen LogP contribution >= 0.6 is 11.3 Å². The number of carbonyl (C=O) groups is 1. The van der Waals surface area contributed by atoms with Crippen LogP contribution in [0.1, 0.15) is 29.0 Å². The van der Waals surface area contributed by atoms with Crippen LogP contribution < -0.4 is 11.1 Å². The van der Waals surface area contributed by atoms with E-state index in [2.05, 4.69) is 15.3 Å². The Kier molecular flexibility index (Phi) is 3.64. The lowest BCUT2D eigenvalue weighted by atomic mass is 10.1. The van der Waals surface area contributed by atoms with E-state index in [0.717, 1.165) is 16.6 Å². The van der Waals surface area contributed by atoms with Gasteiger partial charge in [0.2, 0.25) is 0 Å². The van der Waals surface area contributed by atoms with Crippen molar-refractivity contribution in [3.8, 4) is 0 Å². The van der Waals surface area contributed by atoms with Crippen molar-refractivity contribution in [1.82, 2.24) is 9.97 Å². The maximum Gasteiger partial charge on any atom is 0.257 e. The zero-order valence-electron chi connectivity index (χ0n) is 11.4. The Morgan fingerprint density at radius 2 is 2.24 bits per heavy atom. The smallest absolute Gasteiger partial charge is 0.257 e. The summed E-state index contributed by atoms with van der Waals surface area (Å²) in [7, 11) is 0. The molecule has 5 nitrogen and oxygen atoms in total.